The van der Waals surface area contributed by atoms with Crippen molar-refractivity contribution in [3.8, 4) is 11.8 Å². The Bertz CT molecular complexity index is 994. The number of allylic oxidation sites excluding steroid dienone is 1. The van der Waals surface area contributed by atoms with E-state index >= 15 is 0 Å². The lowest BCUT2D eigenvalue weighted by Crippen LogP contribution is -2.47. The summed E-state index contributed by atoms with van der Waals surface area (Å²) in [5.41, 5.74) is 4.00. The van der Waals surface area contributed by atoms with E-state index in [4.69, 9.17) is 4.74 Å². The Balaban J connectivity index is 1.63. The number of thioether (sulfide) groups is 1. The average molecular weight is 406 g/mol. The molecule has 5 nitrogen and oxygen atoms in total. The molecule has 2 heterocycles. The molecule has 1 saturated heterocycles. The number of carbonyl (C=O) groups excluding carboxylic acids is 1. The van der Waals surface area contributed by atoms with Crippen LogP contribution in [-0.4, -0.2) is 30.5 Å². The second-order valence-electron chi connectivity index (χ2n) is 7.16. The number of benzene rings is 2. The summed E-state index contributed by atoms with van der Waals surface area (Å²) in [6.45, 7) is 2.61. The van der Waals surface area contributed by atoms with Gasteiger partial charge in [0.25, 0.3) is 0 Å². The Hall–Kier alpha value is -2.91. The number of hydrogen-bond acceptors (Lipinski definition) is 5. The Morgan fingerprint density at radius 3 is 2.72 bits per heavy atom. The summed E-state index contributed by atoms with van der Waals surface area (Å²) in [5, 5.41) is 10.7. The summed E-state index contributed by atoms with van der Waals surface area (Å²) in [6, 6.07) is 18.5. The van der Waals surface area contributed by atoms with Crippen LogP contribution >= 0.6 is 11.8 Å². The summed E-state index contributed by atoms with van der Waals surface area (Å²) >= 11 is 1.56. The van der Waals surface area contributed by atoms with E-state index in [1.807, 2.05) is 24.3 Å². The maximum absolute atomic E-state index is 13.0. The van der Waals surface area contributed by atoms with Gasteiger partial charge in [-0.25, -0.2) is 0 Å². The van der Waals surface area contributed by atoms with Crippen molar-refractivity contribution in [3.05, 3.63) is 70.3 Å². The number of ether oxygens (including phenoxy) is 1. The lowest BCUT2D eigenvalue weighted by Gasteiger charge is -2.42. The van der Waals surface area contributed by atoms with E-state index in [0.29, 0.717) is 24.5 Å². The first-order chi connectivity index (χ1) is 14.1. The predicted octanol–water partition coefficient (Wildman–Crippen LogP) is 4.48. The molecule has 148 valence electrons. The van der Waals surface area contributed by atoms with Crippen LogP contribution in [0.15, 0.2) is 59.1 Å². The zero-order valence-electron chi connectivity index (χ0n) is 16.6. The summed E-state index contributed by atoms with van der Waals surface area (Å²) in [7, 11) is 1.62. The smallest absolute Gasteiger partial charge is 0.229 e. The maximum Gasteiger partial charge on any atom is 0.229 e. The molecule has 2 aromatic rings. The summed E-state index contributed by atoms with van der Waals surface area (Å²) in [5.74, 6) is 1.27. The second kappa shape index (κ2) is 8.22. The number of aryl methyl sites for hydroxylation is 1. The topological polar surface area (TPSA) is 56.6 Å². The van der Waals surface area contributed by atoms with Crippen LogP contribution in [0.5, 0.6) is 5.75 Å². The van der Waals surface area contributed by atoms with Gasteiger partial charge in [0.15, 0.2) is 0 Å². The molecule has 0 aromatic heterocycles. The average Bonchev–Trinajstić information content (AvgIpc) is 2.79. The monoisotopic (exact) mass is 405 g/mol. The lowest BCUT2D eigenvalue weighted by atomic mass is 9.86. The number of fused-ring (bicyclic) bond motifs is 1. The molecular formula is C23H23N3O2S. The molecule has 0 spiro atoms. The van der Waals surface area contributed by atoms with E-state index in [2.05, 4.69) is 42.2 Å². The highest BCUT2D eigenvalue weighted by atomic mass is 32.2. The molecule has 0 unspecified atom stereocenters. The van der Waals surface area contributed by atoms with Crippen LogP contribution in [0.4, 0.5) is 5.69 Å². The van der Waals surface area contributed by atoms with Crippen molar-refractivity contribution in [1.82, 2.24) is 4.90 Å². The molecule has 0 radical (unpaired) electrons. The van der Waals surface area contributed by atoms with Gasteiger partial charge in [0.05, 0.1) is 36.3 Å². The van der Waals surface area contributed by atoms with E-state index < -0.39 is 0 Å². The van der Waals surface area contributed by atoms with Gasteiger partial charge in [-0.05, 0) is 41.8 Å². The fraction of sp³-hybridized carbons (Fsp3) is 0.304. The van der Waals surface area contributed by atoms with Crippen LogP contribution in [0.1, 0.15) is 30.4 Å². The summed E-state index contributed by atoms with van der Waals surface area (Å²) < 4.78 is 5.32. The molecule has 0 saturated carbocycles. The first kappa shape index (κ1) is 19.4. The summed E-state index contributed by atoms with van der Waals surface area (Å²) in [4.78, 5) is 17.0. The molecule has 6 heteroatoms. The number of nitriles is 1. The highest BCUT2D eigenvalue weighted by molar-refractivity contribution is 8.03. The van der Waals surface area contributed by atoms with Crippen LogP contribution in [-0.2, 0) is 11.2 Å². The van der Waals surface area contributed by atoms with Gasteiger partial charge in [-0.15, -0.1) is 0 Å². The van der Waals surface area contributed by atoms with Crippen molar-refractivity contribution in [1.29, 1.82) is 5.26 Å². The fourth-order valence-corrected chi connectivity index (χ4v) is 4.98. The highest BCUT2D eigenvalue weighted by Crippen LogP contribution is 2.43. The van der Waals surface area contributed by atoms with Crippen molar-refractivity contribution >= 4 is 23.4 Å². The molecule has 2 aromatic carbocycles. The normalized spacial score (nSPS) is 19.1. The van der Waals surface area contributed by atoms with Gasteiger partial charge < -0.3 is 9.64 Å². The largest absolute Gasteiger partial charge is 0.497 e. The molecule has 0 N–H and O–H groups in total. The van der Waals surface area contributed by atoms with Gasteiger partial charge in [-0.1, -0.05) is 43.0 Å². The minimum atomic E-state index is -0.225. The molecule has 0 bridgehead atoms. The standard InChI is InChI=1S/C23H23N3O2S/c1-3-16-7-9-18(10-8-16)25-14-26-22(27)12-20(21(13-24)23(26)29-15-25)17-5-4-6-19(11-17)28-2/h4-11,20H,3,12,14-15H2,1-2H3/t20-/m1/s1. The van der Waals surface area contributed by atoms with Crippen LogP contribution in [0.2, 0.25) is 0 Å². The van der Waals surface area contributed by atoms with Gasteiger partial charge >= 0.3 is 0 Å². The van der Waals surface area contributed by atoms with Crippen molar-refractivity contribution in [2.45, 2.75) is 25.7 Å². The molecular weight excluding hydrogens is 382 g/mol. The third kappa shape index (κ3) is 3.70. The molecule has 1 amide bonds. The van der Waals surface area contributed by atoms with Gasteiger partial charge in [0.1, 0.15) is 5.75 Å². The van der Waals surface area contributed by atoms with E-state index in [-0.39, 0.29) is 11.8 Å². The number of hydrogen-bond donors (Lipinski definition) is 0. The quantitative estimate of drug-likeness (QED) is 0.751. The Labute approximate surface area is 175 Å². The highest BCUT2D eigenvalue weighted by Gasteiger charge is 2.38. The SMILES string of the molecule is CCc1ccc(N2CSC3=C(C#N)[C@@H](c4cccc(OC)c4)CC(=O)N3C2)cc1. The van der Waals surface area contributed by atoms with Gasteiger partial charge in [0, 0.05) is 18.0 Å². The molecule has 2 aliphatic heterocycles. The van der Waals surface area contributed by atoms with Gasteiger partial charge in [0.2, 0.25) is 5.91 Å². The Kier molecular flexibility index (Phi) is 5.50. The Morgan fingerprint density at radius 2 is 2.03 bits per heavy atom. The van der Waals surface area contributed by atoms with E-state index in [0.717, 1.165) is 28.5 Å². The Morgan fingerprint density at radius 1 is 1.24 bits per heavy atom. The van der Waals surface area contributed by atoms with E-state index in [1.165, 1.54) is 5.56 Å². The van der Waals surface area contributed by atoms with Crippen molar-refractivity contribution in [2.75, 3.05) is 24.6 Å². The molecule has 1 fully saturated rings. The number of carbonyl (C=O) groups is 1. The van der Waals surface area contributed by atoms with Crippen LogP contribution < -0.4 is 9.64 Å². The van der Waals surface area contributed by atoms with E-state index in [9.17, 15) is 10.1 Å². The van der Waals surface area contributed by atoms with Crippen LogP contribution in [0, 0.1) is 11.3 Å². The fourth-order valence-electron chi connectivity index (χ4n) is 3.81. The molecule has 0 aliphatic carbocycles. The predicted molar refractivity (Wildman–Crippen MR) is 115 cm³/mol. The van der Waals surface area contributed by atoms with Crippen molar-refractivity contribution < 1.29 is 9.53 Å². The first-order valence-electron chi connectivity index (χ1n) is 9.69. The van der Waals surface area contributed by atoms with Gasteiger partial charge in [-0.2, -0.15) is 5.26 Å². The number of nitrogens with zero attached hydrogens (tertiary/aromatic N) is 3. The number of rotatable bonds is 4. The lowest BCUT2D eigenvalue weighted by molar-refractivity contribution is -0.129. The second-order valence-corrected chi connectivity index (χ2v) is 8.09. The molecule has 1 atom stereocenters. The van der Waals surface area contributed by atoms with Crippen molar-refractivity contribution in [2.24, 2.45) is 0 Å². The zero-order chi connectivity index (χ0) is 20.4. The van der Waals surface area contributed by atoms with Crippen LogP contribution in [0.3, 0.4) is 0 Å². The van der Waals surface area contributed by atoms with E-state index in [1.54, 1.807) is 23.8 Å². The minimum Gasteiger partial charge on any atom is -0.497 e. The molecule has 4 rings (SSSR count). The summed E-state index contributed by atoms with van der Waals surface area (Å²) in [6.07, 6.45) is 1.30. The van der Waals surface area contributed by atoms with Crippen LogP contribution in [0.25, 0.3) is 0 Å². The van der Waals surface area contributed by atoms with Crippen molar-refractivity contribution in [3.63, 3.8) is 0 Å². The van der Waals surface area contributed by atoms with Gasteiger partial charge in [-0.3, -0.25) is 9.69 Å². The number of methoxy groups -OCH3 is 1. The molecule has 2 aliphatic rings. The molecule has 29 heavy (non-hydrogen) atoms. The third-order valence-electron chi connectivity index (χ3n) is 5.50. The third-order valence-corrected chi connectivity index (χ3v) is 6.65. The number of anilines is 1. The maximum atomic E-state index is 13.0. The number of amides is 1. The zero-order valence-corrected chi connectivity index (χ0v) is 17.4. The minimum absolute atomic E-state index is 0.0502. The first-order valence-corrected chi connectivity index (χ1v) is 10.7.